The normalized spacial score (nSPS) is 10.8. The van der Waals surface area contributed by atoms with E-state index in [4.69, 9.17) is 5.26 Å². The molecule has 0 fully saturated rings. The number of rotatable bonds is 3. The molecule has 0 bridgehead atoms. The lowest BCUT2D eigenvalue weighted by atomic mass is 10.1. The molecule has 0 aliphatic rings. The number of hydrogen-bond acceptors (Lipinski definition) is 3. The van der Waals surface area contributed by atoms with E-state index < -0.39 is 5.91 Å². The lowest BCUT2D eigenvalue weighted by Gasteiger charge is -2.05. The van der Waals surface area contributed by atoms with Gasteiger partial charge in [0, 0.05) is 15.7 Å². The summed E-state index contributed by atoms with van der Waals surface area (Å²) in [6.07, 6.45) is 1.35. The summed E-state index contributed by atoms with van der Waals surface area (Å²) in [5.74, 6) is -0.514. The first-order valence-corrected chi connectivity index (χ1v) is 6.86. The van der Waals surface area contributed by atoms with Gasteiger partial charge in [0.1, 0.15) is 17.4 Å². The van der Waals surface area contributed by atoms with E-state index in [1.165, 1.54) is 12.1 Å². The predicted molar refractivity (Wildman–Crippen MR) is 84.5 cm³/mol. The molecule has 0 aliphatic heterocycles. The van der Waals surface area contributed by atoms with Crippen LogP contribution in [0.4, 0.5) is 5.69 Å². The molecule has 0 saturated carbocycles. The summed E-state index contributed by atoms with van der Waals surface area (Å²) in [5, 5.41) is 21.4. The minimum atomic E-state index is -0.529. The summed E-state index contributed by atoms with van der Waals surface area (Å²) >= 11 is 3.31. The van der Waals surface area contributed by atoms with Crippen LogP contribution in [0.3, 0.4) is 0 Å². The van der Waals surface area contributed by atoms with E-state index in [1.807, 2.05) is 12.1 Å². The predicted octanol–water partition coefficient (Wildman–Crippen LogP) is 3.70. The highest BCUT2D eigenvalue weighted by atomic mass is 79.9. The van der Waals surface area contributed by atoms with Crippen LogP contribution in [0.25, 0.3) is 6.08 Å². The summed E-state index contributed by atoms with van der Waals surface area (Å²) in [7, 11) is 0. The highest BCUT2D eigenvalue weighted by Gasteiger charge is 2.10. The van der Waals surface area contributed by atoms with Crippen LogP contribution in [0, 0.1) is 11.3 Å². The minimum Gasteiger partial charge on any atom is -0.507 e. The van der Waals surface area contributed by atoms with Crippen molar-refractivity contribution in [1.82, 2.24) is 0 Å². The third-order valence-corrected chi connectivity index (χ3v) is 3.18. The van der Waals surface area contributed by atoms with Crippen LogP contribution >= 0.6 is 15.9 Å². The van der Waals surface area contributed by atoms with Gasteiger partial charge in [0.15, 0.2) is 0 Å². The Bertz CT molecular complexity index is 748. The topological polar surface area (TPSA) is 73.1 Å². The molecule has 0 spiro atoms. The highest BCUT2D eigenvalue weighted by Crippen LogP contribution is 2.20. The fourth-order valence-electron chi connectivity index (χ4n) is 1.68. The van der Waals surface area contributed by atoms with E-state index in [2.05, 4.69) is 21.2 Å². The summed E-state index contributed by atoms with van der Waals surface area (Å²) in [5.41, 5.74) is 0.905. The van der Waals surface area contributed by atoms with Gasteiger partial charge in [-0.2, -0.15) is 5.26 Å². The van der Waals surface area contributed by atoms with Crippen molar-refractivity contribution in [3.63, 3.8) is 0 Å². The third kappa shape index (κ3) is 3.94. The first-order chi connectivity index (χ1) is 10.1. The van der Waals surface area contributed by atoms with Gasteiger partial charge >= 0.3 is 0 Å². The number of halogens is 1. The molecule has 5 heteroatoms. The van der Waals surface area contributed by atoms with Crippen LogP contribution in [-0.2, 0) is 4.79 Å². The maximum absolute atomic E-state index is 12.1. The minimum absolute atomic E-state index is 0.0144. The molecule has 0 aromatic heterocycles. The Labute approximate surface area is 130 Å². The second-order valence-corrected chi connectivity index (χ2v) is 5.11. The molecule has 2 aromatic rings. The van der Waals surface area contributed by atoms with Crippen molar-refractivity contribution in [3.8, 4) is 11.8 Å². The lowest BCUT2D eigenvalue weighted by Crippen LogP contribution is -2.13. The Morgan fingerprint density at radius 2 is 2.00 bits per heavy atom. The molecule has 0 saturated heterocycles. The number of carbonyl (C=O) groups excluding carboxylic acids is 1. The van der Waals surface area contributed by atoms with Crippen molar-refractivity contribution < 1.29 is 9.90 Å². The fourth-order valence-corrected chi connectivity index (χ4v) is 2.08. The number of nitrogens with zero attached hydrogens (tertiary/aromatic N) is 1. The fraction of sp³-hybridized carbons (Fsp3) is 0. The number of phenols is 1. The average Bonchev–Trinajstić information content (AvgIpc) is 2.46. The number of nitrogens with one attached hydrogen (secondary N) is 1. The zero-order chi connectivity index (χ0) is 15.2. The first kappa shape index (κ1) is 14.8. The largest absolute Gasteiger partial charge is 0.507 e. The van der Waals surface area contributed by atoms with E-state index >= 15 is 0 Å². The highest BCUT2D eigenvalue weighted by molar-refractivity contribution is 9.10. The summed E-state index contributed by atoms with van der Waals surface area (Å²) < 4.78 is 0.823. The van der Waals surface area contributed by atoms with Gasteiger partial charge in [-0.05, 0) is 30.3 Å². The van der Waals surface area contributed by atoms with E-state index in [-0.39, 0.29) is 11.3 Å². The first-order valence-electron chi connectivity index (χ1n) is 6.07. The average molecular weight is 343 g/mol. The Morgan fingerprint density at radius 3 is 2.67 bits per heavy atom. The molecule has 4 nitrogen and oxygen atoms in total. The standard InChI is InChI=1S/C16H11BrN2O2/c17-13-5-3-6-14(9-13)19-16(21)12(10-18)8-11-4-1-2-7-15(11)20/h1-9,20H,(H,19,21)/b12-8-. The molecule has 2 N–H and O–H groups in total. The SMILES string of the molecule is N#C/C(=C/c1ccccc1O)C(=O)Nc1cccc(Br)c1. The second-order valence-electron chi connectivity index (χ2n) is 4.19. The van der Waals surface area contributed by atoms with Gasteiger partial charge in [0.2, 0.25) is 0 Å². The molecule has 1 amide bonds. The Hall–Kier alpha value is -2.58. The lowest BCUT2D eigenvalue weighted by molar-refractivity contribution is -0.112. The summed E-state index contributed by atoms with van der Waals surface area (Å²) in [4.78, 5) is 12.1. The number of nitriles is 1. The molecule has 0 aliphatic carbocycles. The van der Waals surface area contributed by atoms with Gasteiger partial charge in [0.25, 0.3) is 5.91 Å². The molecule has 0 heterocycles. The van der Waals surface area contributed by atoms with Gasteiger partial charge < -0.3 is 10.4 Å². The maximum atomic E-state index is 12.1. The van der Waals surface area contributed by atoms with E-state index in [0.29, 0.717) is 11.3 Å². The quantitative estimate of drug-likeness (QED) is 0.659. The van der Waals surface area contributed by atoms with Gasteiger partial charge in [0.05, 0.1) is 0 Å². The monoisotopic (exact) mass is 342 g/mol. The van der Waals surface area contributed by atoms with Crippen molar-refractivity contribution in [2.45, 2.75) is 0 Å². The number of hydrogen-bond donors (Lipinski definition) is 2. The maximum Gasteiger partial charge on any atom is 0.266 e. The molecular weight excluding hydrogens is 332 g/mol. The number of carbonyl (C=O) groups is 1. The van der Waals surface area contributed by atoms with E-state index in [9.17, 15) is 9.90 Å². The number of benzene rings is 2. The zero-order valence-corrected chi connectivity index (χ0v) is 12.5. The molecule has 0 unspecified atom stereocenters. The number of anilines is 1. The molecule has 0 atom stereocenters. The van der Waals surface area contributed by atoms with Crippen LogP contribution in [0.5, 0.6) is 5.75 Å². The summed E-state index contributed by atoms with van der Waals surface area (Å²) in [6.45, 7) is 0. The molecule has 104 valence electrons. The van der Waals surface area contributed by atoms with Crippen LogP contribution in [0.2, 0.25) is 0 Å². The number of aromatic hydroxyl groups is 1. The molecule has 21 heavy (non-hydrogen) atoms. The number of amides is 1. The van der Waals surface area contributed by atoms with Gasteiger partial charge in [-0.1, -0.05) is 40.2 Å². The van der Waals surface area contributed by atoms with Crippen molar-refractivity contribution >= 4 is 33.6 Å². The van der Waals surface area contributed by atoms with Crippen molar-refractivity contribution in [2.24, 2.45) is 0 Å². The van der Waals surface area contributed by atoms with Crippen molar-refractivity contribution in [1.29, 1.82) is 5.26 Å². The summed E-state index contributed by atoms with van der Waals surface area (Å²) in [6, 6.07) is 15.4. The van der Waals surface area contributed by atoms with E-state index in [0.717, 1.165) is 4.47 Å². The smallest absolute Gasteiger partial charge is 0.266 e. The molecule has 0 radical (unpaired) electrons. The number of phenolic OH excluding ortho intramolecular Hbond substituents is 1. The van der Waals surface area contributed by atoms with Crippen LogP contribution < -0.4 is 5.32 Å². The van der Waals surface area contributed by atoms with Gasteiger partial charge in [-0.25, -0.2) is 0 Å². The zero-order valence-electron chi connectivity index (χ0n) is 10.9. The van der Waals surface area contributed by atoms with Gasteiger partial charge in [-0.3, -0.25) is 4.79 Å². The molecule has 2 rings (SSSR count). The van der Waals surface area contributed by atoms with Crippen molar-refractivity contribution in [2.75, 3.05) is 5.32 Å². The Kier molecular flexibility index (Phi) is 4.75. The molecular formula is C16H11BrN2O2. The van der Waals surface area contributed by atoms with Crippen LogP contribution in [-0.4, -0.2) is 11.0 Å². The van der Waals surface area contributed by atoms with E-state index in [1.54, 1.807) is 36.4 Å². The second kappa shape index (κ2) is 6.73. The van der Waals surface area contributed by atoms with Crippen molar-refractivity contribution in [3.05, 3.63) is 64.1 Å². The third-order valence-electron chi connectivity index (χ3n) is 2.68. The Balaban J connectivity index is 2.24. The van der Waals surface area contributed by atoms with Gasteiger partial charge in [-0.15, -0.1) is 0 Å². The number of para-hydroxylation sites is 1. The van der Waals surface area contributed by atoms with Crippen LogP contribution in [0.15, 0.2) is 58.6 Å². The van der Waals surface area contributed by atoms with Crippen LogP contribution in [0.1, 0.15) is 5.56 Å². The Morgan fingerprint density at radius 1 is 1.24 bits per heavy atom. The molecule has 2 aromatic carbocycles.